The van der Waals surface area contributed by atoms with Crippen LogP contribution < -0.4 is 16.0 Å². The maximum Gasteiger partial charge on any atom is 0.324 e. The first kappa shape index (κ1) is 31.7. The summed E-state index contributed by atoms with van der Waals surface area (Å²) in [5, 5.41) is 17.2. The molecule has 240 valence electrons. The van der Waals surface area contributed by atoms with Gasteiger partial charge in [-0.15, -0.1) is 11.3 Å². The van der Waals surface area contributed by atoms with E-state index >= 15 is 0 Å². The second kappa shape index (κ2) is 12.9. The molecule has 0 radical (unpaired) electrons. The first-order valence-electron chi connectivity index (χ1n) is 15.3. The summed E-state index contributed by atoms with van der Waals surface area (Å²) >= 11 is 1.20. The molecule has 0 aliphatic carbocycles. The molecule has 4 heterocycles. The van der Waals surface area contributed by atoms with E-state index in [4.69, 9.17) is 9.62 Å². The molecule has 0 spiro atoms. The fraction of sp³-hybridized carbons (Fsp3) is 0.324. The lowest BCUT2D eigenvalue weighted by Crippen LogP contribution is -2.33. The molecule has 0 bridgehead atoms. The number of sulfone groups is 1. The van der Waals surface area contributed by atoms with Gasteiger partial charge in [-0.05, 0) is 80.7 Å². The molecule has 1 fully saturated rings. The number of hydrogen-bond donors (Lipinski definition) is 3. The van der Waals surface area contributed by atoms with Crippen molar-refractivity contribution in [3.63, 3.8) is 0 Å². The summed E-state index contributed by atoms with van der Waals surface area (Å²) in [5.41, 5.74) is 4.44. The van der Waals surface area contributed by atoms with Gasteiger partial charge < -0.3 is 15.2 Å². The SMILES string of the molecule is Cc1ccc(-n2nc(C(C)(C)C)cc2NC(=O)Nc2ccc(C(C3CCNCC3)S(=O)(=O)c3ccc(-c4ccon4)s3)cc2)cc1. The van der Waals surface area contributed by atoms with E-state index in [9.17, 15) is 13.2 Å². The standard InChI is InChI=1S/C34H38N6O4S2/c1-22-5-11-26(12-6-22)40-30(21-29(38-40)34(2,3)4)37-33(41)36-25-9-7-23(8-10-25)32(24-15-18-35-19-16-24)46(42,43)31-14-13-28(45-31)27-17-20-44-39-27/h5-14,17,20-21,24,32,35H,15-16,18-19H2,1-4H3,(H2,36,37,41). The van der Waals surface area contributed by atoms with Crippen LogP contribution in [0.3, 0.4) is 0 Å². The zero-order valence-electron chi connectivity index (χ0n) is 26.3. The minimum atomic E-state index is -3.72. The van der Waals surface area contributed by atoms with Crippen molar-refractivity contribution >= 4 is 38.7 Å². The van der Waals surface area contributed by atoms with E-state index in [2.05, 4.69) is 41.9 Å². The van der Waals surface area contributed by atoms with Gasteiger partial charge in [-0.3, -0.25) is 5.32 Å². The number of aromatic nitrogens is 3. The number of nitrogens with zero attached hydrogens (tertiary/aromatic N) is 3. The van der Waals surface area contributed by atoms with Gasteiger partial charge >= 0.3 is 6.03 Å². The van der Waals surface area contributed by atoms with E-state index in [0.29, 0.717) is 27.0 Å². The number of amides is 2. The van der Waals surface area contributed by atoms with Crippen molar-refractivity contribution < 1.29 is 17.7 Å². The molecule has 1 atom stereocenters. The molecule has 2 aromatic carbocycles. The number of hydrogen-bond acceptors (Lipinski definition) is 8. The number of carbonyl (C=O) groups excluding carboxylic acids is 1. The van der Waals surface area contributed by atoms with Crippen molar-refractivity contribution in [1.29, 1.82) is 0 Å². The normalized spacial score (nSPS) is 15.0. The molecule has 1 saturated heterocycles. The van der Waals surface area contributed by atoms with Crippen molar-refractivity contribution in [1.82, 2.24) is 20.3 Å². The summed E-state index contributed by atoms with van der Waals surface area (Å²) in [6, 6.07) is 21.7. The van der Waals surface area contributed by atoms with E-state index in [0.717, 1.165) is 47.8 Å². The van der Waals surface area contributed by atoms with Crippen LogP contribution in [0.1, 0.15) is 55.7 Å². The van der Waals surface area contributed by atoms with Crippen molar-refractivity contribution in [2.45, 2.75) is 55.4 Å². The molecule has 3 N–H and O–H groups in total. The largest absolute Gasteiger partial charge is 0.364 e. The highest BCUT2D eigenvalue weighted by molar-refractivity contribution is 7.93. The van der Waals surface area contributed by atoms with E-state index in [1.807, 2.05) is 37.3 Å². The Morgan fingerprint density at radius 1 is 1.00 bits per heavy atom. The van der Waals surface area contributed by atoms with Crippen molar-refractivity contribution in [3.8, 4) is 16.3 Å². The van der Waals surface area contributed by atoms with Crippen LogP contribution in [0.4, 0.5) is 16.3 Å². The summed E-state index contributed by atoms with van der Waals surface area (Å²) in [7, 11) is -3.72. The molecule has 6 rings (SSSR count). The first-order chi connectivity index (χ1) is 22.0. The molecular formula is C34H38N6O4S2. The maximum atomic E-state index is 14.2. The third-order valence-electron chi connectivity index (χ3n) is 8.19. The molecule has 1 unspecified atom stereocenters. The molecule has 12 heteroatoms. The summed E-state index contributed by atoms with van der Waals surface area (Å²) in [6.45, 7) is 9.78. The van der Waals surface area contributed by atoms with Gasteiger partial charge in [0.05, 0.1) is 21.5 Å². The highest BCUT2D eigenvalue weighted by Crippen LogP contribution is 2.42. The molecule has 2 amide bonds. The fourth-order valence-electron chi connectivity index (χ4n) is 5.68. The average molecular weight is 659 g/mol. The summed E-state index contributed by atoms with van der Waals surface area (Å²) in [5.74, 6) is 0.492. The van der Waals surface area contributed by atoms with Crippen molar-refractivity contribution in [2.24, 2.45) is 5.92 Å². The van der Waals surface area contributed by atoms with Crippen LogP contribution >= 0.6 is 11.3 Å². The van der Waals surface area contributed by atoms with Gasteiger partial charge in [-0.25, -0.2) is 17.9 Å². The van der Waals surface area contributed by atoms with Crippen molar-refractivity contribution in [2.75, 3.05) is 23.7 Å². The van der Waals surface area contributed by atoms with Crippen molar-refractivity contribution in [3.05, 3.63) is 95.9 Å². The van der Waals surface area contributed by atoms with Gasteiger partial charge in [-0.1, -0.05) is 55.8 Å². The van der Waals surface area contributed by atoms with Crippen LogP contribution in [0.2, 0.25) is 0 Å². The molecule has 10 nitrogen and oxygen atoms in total. The van der Waals surface area contributed by atoms with Gasteiger partial charge in [-0.2, -0.15) is 5.10 Å². The molecular weight excluding hydrogens is 621 g/mol. The van der Waals surface area contributed by atoms with E-state index in [-0.39, 0.29) is 11.3 Å². The summed E-state index contributed by atoms with van der Waals surface area (Å²) in [4.78, 5) is 13.9. The number of aryl methyl sites for hydroxylation is 1. The topological polar surface area (TPSA) is 131 Å². The number of urea groups is 1. The van der Waals surface area contributed by atoms with Crippen LogP contribution in [0, 0.1) is 12.8 Å². The van der Waals surface area contributed by atoms with E-state index in [1.165, 1.54) is 17.6 Å². The lowest BCUT2D eigenvalue weighted by atomic mass is 9.90. The second-order valence-electron chi connectivity index (χ2n) is 12.7. The molecule has 1 aliphatic rings. The number of thiophene rings is 1. The van der Waals surface area contributed by atoms with Gasteiger partial charge in [0.25, 0.3) is 0 Å². The molecule has 1 aliphatic heterocycles. The molecule has 46 heavy (non-hydrogen) atoms. The van der Waals surface area contributed by atoms with E-state index < -0.39 is 21.1 Å². The Morgan fingerprint density at radius 3 is 2.37 bits per heavy atom. The second-order valence-corrected chi connectivity index (χ2v) is 16.0. The lowest BCUT2D eigenvalue weighted by Gasteiger charge is -2.30. The minimum Gasteiger partial charge on any atom is -0.364 e. The molecule has 0 saturated carbocycles. The highest BCUT2D eigenvalue weighted by atomic mass is 32.2. The minimum absolute atomic E-state index is 0.0509. The Morgan fingerprint density at radius 2 is 1.72 bits per heavy atom. The lowest BCUT2D eigenvalue weighted by molar-refractivity contribution is 0.262. The Hall–Kier alpha value is -4.26. The van der Waals surface area contributed by atoms with Crippen LogP contribution in [-0.2, 0) is 15.3 Å². The van der Waals surface area contributed by atoms with Crippen LogP contribution in [-0.4, -0.2) is 42.5 Å². The van der Waals surface area contributed by atoms with Crippen LogP contribution in [0.25, 0.3) is 16.3 Å². The van der Waals surface area contributed by atoms with Gasteiger partial charge in [0.2, 0.25) is 0 Å². The zero-order chi connectivity index (χ0) is 32.5. The first-order valence-corrected chi connectivity index (χ1v) is 17.7. The third kappa shape index (κ3) is 6.79. The summed E-state index contributed by atoms with van der Waals surface area (Å²) in [6.07, 6.45) is 2.97. The summed E-state index contributed by atoms with van der Waals surface area (Å²) < 4.78 is 35.3. The predicted octanol–water partition coefficient (Wildman–Crippen LogP) is 7.35. The number of rotatable bonds is 8. The zero-order valence-corrected chi connectivity index (χ0v) is 27.9. The monoisotopic (exact) mass is 658 g/mol. The van der Waals surface area contributed by atoms with Gasteiger partial charge in [0.1, 0.15) is 22.0 Å². The third-order valence-corrected chi connectivity index (χ3v) is 12.1. The highest BCUT2D eigenvalue weighted by Gasteiger charge is 2.37. The average Bonchev–Trinajstić information content (AvgIpc) is 3.80. The van der Waals surface area contributed by atoms with Crippen LogP contribution in [0.5, 0.6) is 0 Å². The van der Waals surface area contributed by atoms with E-state index in [1.54, 1.807) is 47.1 Å². The number of nitrogens with one attached hydrogen (secondary N) is 3. The quantitative estimate of drug-likeness (QED) is 0.159. The van der Waals surface area contributed by atoms with Gasteiger partial charge in [0.15, 0.2) is 9.84 Å². The Kier molecular flexibility index (Phi) is 8.86. The smallest absolute Gasteiger partial charge is 0.324 e. The Labute approximate surface area is 273 Å². The maximum absolute atomic E-state index is 14.2. The molecule has 5 aromatic rings. The number of anilines is 2. The number of benzene rings is 2. The fourth-order valence-corrected chi connectivity index (χ4v) is 9.23. The predicted molar refractivity (Wildman–Crippen MR) is 181 cm³/mol. The Bertz CT molecular complexity index is 1900. The van der Waals surface area contributed by atoms with Crippen LogP contribution in [0.15, 0.2) is 87.8 Å². The molecule has 3 aromatic heterocycles. The number of piperidine rings is 1. The van der Waals surface area contributed by atoms with Gasteiger partial charge in [0, 0.05) is 23.2 Å². The number of carbonyl (C=O) groups is 1. The Balaban J connectivity index is 1.23.